The summed E-state index contributed by atoms with van der Waals surface area (Å²) in [5.41, 5.74) is 1.97. The van der Waals surface area contributed by atoms with Gasteiger partial charge in [-0.15, -0.1) is 0 Å². The standard InChI is InChI=1S/C22H18Cl2N2O4S/c1-13(26(31(2,28)29)19-11-14(23)7-10-18(19)24)22(27)25-15-8-9-17-16-5-3-4-6-20(16)30-21(17)12-15/h3-13H,1-2H3,(H,25,27)/t13-/m0/s1. The minimum atomic E-state index is -3.83. The van der Waals surface area contributed by atoms with Crippen molar-refractivity contribution in [3.05, 3.63) is 70.7 Å². The van der Waals surface area contributed by atoms with Crippen LogP contribution in [0.3, 0.4) is 0 Å². The lowest BCUT2D eigenvalue weighted by Gasteiger charge is -2.29. The molecule has 1 amide bonds. The van der Waals surface area contributed by atoms with Gasteiger partial charge in [0.2, 0.25) is 15.9 Å². The normalized spacial score (nSPS) is 12.8. The molecular weight excluding hydrogens is 459 g/mol. The first kappa shape index (κ1) is 21.5. The molecule has 31 heavy (non-hydrogen) atoms. The van der Waals surface area contributed by atoms with Crippen LogP contribution in [0.5, 0.6) is 0 Å². The molecule has 4 rings (SSSR count). The van der Waals surface area contributed by atoms with Crippen molar-refractivity contribution in [2.24, 2.45) is 0 Å². The van der Waals surface area contributed by atoms with Gasteiger partial charge < -0.3 is 9.73 Å². The summed E-state index contributed by atoms with van der Waals surface area (Å²) in [7, 11) is -3.83. The summed E-state index contributed by atoms with van der Waals surface area (Å²) < 4.78 is 31.8. The maximum atomic E-state index is 13.0. The van der Waals surface area contributed by atoms with Crippen LogP contribution < -0.4 is 9.62 Å². The predicted octanol–water partition coefficient (Wildman–Crippen LogP) is 5.69. The number of benzene rings is 3. The Morgan fingerprint density at radius 3 is 2.45 bits per heavy atom. The lowest BCUT2D eigenvalue weighted by atomic mass is 10.1. The van der Waals surface area contributed by atoms with Crippen molar-refractivity contribution < 1.29 is 17.6 Å². The number of para-hydroxylation sites is 1. The zero-order valence-corrected chi connectivity index (χ0v) is 18.9. The van der Waals surface area contributed by atoms with Crippen molar-refractivity contribution in [1.82, 2.24) is 0 Å². The van der Waals surface area contributed by atoms with E-state index < -0.39 is 22.0 Å². The summed E-state index contributed by atoms with van der Waals surface area (Å²) in [5, 5.41) is 5.12. The molecule has 0 saturated carbocycles. The van der Waals surface area contributed by atoms with E-state index in [1.165, 1.54) is 19.1 Å². The van der Waals surface area contributed by atoms with Crippen LogP contribution in [0.2, 0.25) is 10.0 Å². The van der Waals surface area contributed by atoms with Gasteiger partial charge in [0, 0.05) is 27.5 Å². The molecule has 1 N–H and O–H groups in total. The first-order chi connectivity index (χ1) is 14.6. The number of hydrogen-bond acceptors (Lipinski definition) is 4. The van der Waals surface area contributed by atoms with Crippen LogP contribution in [0.1, 0.15) is 6.92 Å². The highest BCUT2D eigenvalue weighted by Crippen LogP contribution is 2.33. The van der Waals surface area contributed by atoms with E-state index in [-0.39, 0.29) is 10.7 Å². The van der Waals surface area contributed by atoms with Crippen LogP contribution in [-0.2, 0) is 14.8 Å². The van der Waals surface area contributed by atoms with Gasteiger partial charge in [0.1, 0.15) is 17.2 Å². The maximum absolute atomic E-state index is 13.0. The molecule has 4 aromatic rings. The largest absolute Gasteiger partial charge is 0.456 e. The Morgan fingerprint density at radius 1 is 1.00 bits per heavy atom. The molecule has 0 spiro atoms. The number of amides is 1. The molecule has 0 saturated heterocycles. The van der Waals surface area contributed by atoms with Crippen LogP contribution in [0.25, 0.3) is 21.9 Å². The molecule has 6 nitrogen and oxygen atoms in total. The van der Waals surface area contributed by atoms with Gasteiger partial charge in [-0.05, 0) is 43.3 Å². The number of nitrogens with zero attached hydrogens (tertiary/aromatic N) is 1. The highest BCUT2D eigenvalue weighted by molar-refractivity contribution is 7.92. The molecule has 3 aromatic carbocycles. The monoisotopic (exact) mass is 476 g/mol. The van der Waals surface area contributed by atoms with Crippen molar-refractivity contribution in [1.29, 1.82) is 0 Å². The number of sulfonamides is 1. The summed E-state index contributed by atoms with van der Waals surface area (Å²) in [6, 6.07) is 16.3. The number of carbonyl (C=O) groups is 1. The summed E-state index contributed by atoms with van der Waals surface area (Å²) in [5.74, 6) is -0.531. The lowest BCUT2D eigenvalue weighted by Crippen LogP contribution is -2.45. The Hall–Kier alpha value is -2.74. The highest BCUT2D eigenvalue weighted by atomic mass is 35.5. The summed E-state index contributed by atoms with van der Waals surface area (Å²) in [6.07, 6.45) is 1.01. The molecule has 0 radical (unpaired) electrons. The van der Waals surface area contributed by atoms with Gasteiger partial charge in [-0.1, -0.05) is 41.4 Å². The van der Waals surface area contributed by atoms with Crippen LogP contribution in [0, 0.1) is 0 Å². The van der Waals surface area contributed by atoms with Crippen molar-refractivity contribution in [3.63, 3.8) is 0 Å². The number of fused-ring (bicyclic) bond motifs is 3. The van der Waals surface area contributed by atoms with Crippen LogP contribution in [-0.4, -0.2) is 26.6 Å². The summed E-state index contributed by atoms with van der Waals surface area (Å²) in [4.78, 5) is 13.0. The summed E-state index contributed by atoms with van der Waals surface area (Å²) >= 11 is 12.2. The minimum absolute atomic E-state index is 0.132. The van der Waals surface area contributed by atoms with Crippen molar-refractivity contribution in [2.45, 2.75) is 13.0 Å². The van der Waals surface area contributed by atoms with E-state index in [2.05, 4.69) is 5.32 Å². The van der Waals surface area contributed by atoms with Gasteiger partial charge >= 0.3 is 0 Å². The second kappa shape index (κ2) is 8.07. The van der Waals surface area contributed by atoms with Gasteiger partial charge in [-0.25, -0.2) is 8.42 Å². The van der Waals surface area contributed by atoms with E-state index in [4.69, 9.17) is 27.6 Å². The number of hydrogen-bond donors (Lipinski definition) is 1. The third-order valence-electron chi connectivity index (χ3n) is 4.88. The predicted molar refractivity (Wildman–Crippen MR) is 126 cm³/mol. The molecule has 0 fully saturated rings. The van der Waals surface area contributed by atoms with E-state index in [9.17, 15) is 13.2 Å². The van der Waals surface area contributed by atoms with E-state index in [1.54, 1.807) is 18.2 Å². The average molecular weight is 477 g/mol. The second-order valence-electron chi connectivity index (χ2n) is 7.13. The fourth-order valence-electron chi connectivity index (χ4n) is 3.49. The zero-order valence-electron chi connectivity index (χ0n) is 16.6. The molecular formula is C22H18Cl2N2O4S. The topological polar surface area (TPSA) is 79.6 Å². The average Bonchev–Trinajstić information content (AvgIpc) is 3.07. The van der Waals surface area contributed by atoms with Crippen molar-refractivity contribution >= 4 is 72.4 Å². The van der Waals surface area contributed by atoms with E-state index in [0.29, 0.717) is 16.3 Å². The highest BCUT2D eigenvalue weighted by Gasteiger charge is 2.31. The van der Waals surface area contributed by atoms with Crippen LogP contribution in [0.15, 0.2) is 65.1 Å². The Kier molecular flexibility index (Phi) is 5.60. The number of nitrogens with one attached hydrogen (secondary N) is 1. The number of furan rings is 1. The Labute approximate surface area is 189 Å². The molecule has 0 bridgehead atoms. The Morgan fingerprint density at radius 2 is 1.71 bits per heavy atom. The van der Waals surface area contributed by atoms with E-state index in [0.717, 1.165) is 26.9 Å². The molecule has 0 aliphatic rings. The third kappa shape index (κ3) is 4.21. The Bertz CT molecular complexity index is 1420. The maximum Gasteiger partial charge on any atom is 0.247 e. The van der Waals surface area contributed by atoms with Crippen LogP contribution >= 0.6 is 23.2 Å². The molecule has 1 atom stereocenters. The molecule has 160 valence electrons. The number of carbonyl (C=O) groups excluding carboxylic acids is 1. The second-order valence-corrected chi connectivity index (χ2v) is 9.83. The molecule has 9 heteroatoms. The van der Waals surface area contributed by atoms with Gasteiger partial charge in [-0.3, -0.25) is 9.10 Å². The Balaban J connectivity index is 1.66. The van der Waals surface area contributed by atoms with Gasteiger partial charge in [-0.2, -0.15) is 0 Å². The summed E-state index contributed by atoms with van der Waals surface area (Å²) in [6.45, 7) is 1.48. The molecule has 1 heterocycles. The number of rotatable bonds is 5. The first-order valence-electron chi connectivity index (χ1n) is 9.32. The number of anilines is 2. The van der Waals surface area contributed by atoms with Crippen molar-refractivity contribution in [3.8, 4) is 0 Å². The van der Waals surface area contributed by atoms with Crippen LogP contribution in [0.4, 0.5) is 11.4 Å². The molecule has 0 unspecified atom stereocenters. The van der Waals surface area contributed by atoms with Gasteiger partial charge in [0.05, 0.1) is 17.0 Å². The smallest absolute Gasteiger partial charge is 0.247 e. The molecule has 1 aromatic heterocycles. The third-order valence-corrected chi connectivity index (χ3v) is 6.66. The quantitative estimate of drug-likeness (QED) is 0.401. The fourth-order valence-corrected chi connectivity index (χ4v) is 5.09. The van der Waals surface area contributed by atoms with Gasteiger partial charge in [0.25, 0.3) is 0 Å². The SMILES string of the molecule is C[C@@H](C(=O)Nc1ccc2c(c1)oc1ccccc12)N(c1cc(Cl)ccc1Cl)S(C)(=O)=O. The van der Waals surface area contributed by atoms with Gasteiger partial charge in [0.15, 0.2) is 0 Å². The number of halogens is 2. The molecule has 0 aliphatic carbocycles. The van der Waals surface area contributed by atoms with E-state index >= 15 is 0 Å². The zero-order chi connectivity index (χ0) is 22.3. The molecule has 0 aliphatic heterocycles. The fraction of sp³-hybridized carbons (Fsp3) is 0.136. The first-order valence-corrected chi connectivity index (χ1v) is 11.9. The van der Waals surface area contributed by atoms with E-state index in [1.807, 2.05) is 30.3 Å². The minimum Gasteiger partial charge on any atom is -0.456 e. The van der Waals surface area contributed by atoms with Crippen molar-refractivity contribution in [2.75, 3.05) is 15.9 Å². The lowest BCUT2D eigenvalue weighted by molar-refractivity contribution is -0.116.